The molecule has 0 unspecified atom stereocenters. The van der Waals surface area contributed by atoms with Crippen molar-refractivity contribution in [1.82, 2.24) is 20.2 Å². The Kier molecular flexibility index (Phi) is 5.88. The molecule has 1 heterocycles. The van der Waals surface area contributed by atoms with E-state index in [1.165, 1.54) is 22.0 Å². The number of hydrogen-bond donors (Lipinski definition) is 2. The van der Waals surface area contributed by atoms with Crippen molar-refractivity contribution in [2.75, 3.05) is 18.1 Å². The second-order valence-corrected chi connectivity index (χ2v) is 7.58. The lowest BCUT2D eigenvalue weighted by molar-refractivity contribution is -0.118. The summed E-state index contributed by atoms with van der Waals surface area (Å²) < 4.78 is 1.43. The molecule has 0 spiro atoms. The highest BCUT2D eigenvalue weighted by Gasteiger charge is 2.16. The Labute approximate surface area is 147 Å². The number of hydrogen-bond acceptors (Lipinski definition) is 5. The van der Waals surface area contributed by atoms with Crippen LogP contribution in [0.25, 0.3) is 11.4 Å². The van der Waals surface area contributed by atoms with E-state index in [-0.39, 0.29) is 17.1 Å². The molecule has 0 fully saturated rings. The summed E-state index contributed by atoms with van der Waals surface area (Å²) in [6.07, 6.45) is 0.915. The number of nitrogen functional groups attached to an aromatic ring is 1. The number of nitrogens with zero attached hydrogens (tertiary/aromatic N) is 3. The number of carbonyl (C=O) groups is 1. The topological polar surface area (TPSA) is 85.8 Å². The van der Waals surface area contributed by atoms with E-state index in [0.29, 0.717) is 17.5 Å². The number of aromatic nitrogens is 3. The molecule has 0 aliphatic carbocycles. The highest BCUT2D eigenvalue weighted by atomic mass is 32.2. The van der Waals surface area contributed by atoms with Crippen molar-refractivity contribution in [2.24, 2.45) is 0 Å². The minimum absolute atomic E-state index is 0.0269. The first-order chi connectivity index (χ1) is 11.3. The van der Waals surface area contributed by atoms with E-state index in [9.17, 15) is 4.79 Å². The smallest absolute Gasteiger partial charge is 0.230 e. The van der Waals surface area contributed by atoms with Crippen LogP contribution in [0.5, 0.6) is 0 Å². The Balaban J connectivity index is 2.08. The van der Waals surface area contributed by atoms with E-state index in [1.807, 2.05) is 19.1 Å². The van der Waals surface area contributed by atoms with Crippen LogP contribution in [0.4, 0.5) is 0 Å². The highest BCUT2D eigenvalue weighted by Crippen LogP contribution is 2.26. The molecule has 1 amide bonds. The monoisotopic (exact) mass is 347 g/mol. The highest BCUT2D eigenvalue weighted by molar-refractivity contribution is 7.99. The lowest BCUT2D eigenvalue weighted by Gasteiger charge is -2.19. The van der Waals surface area contributed by atoms with Crippen LogP contribution in [0, 0.1) is 0 Å². The van der Waals surface area contributed by atoms with Crippen molar-refractivity contribution in [3.05, 3.63) is 29.8 Å². The van der Waals surface area contributed by atoms with E-state index in [2.05, 4.69) is 48.4 Å². The van der Waals surface area contributed by atoms with E-state index < -0.39 is 0 Å². The molecule has 1 aromatic heterocycles. The number of carbonyl (C=O) groups excluding carboxylic acids is 1. The van der Waals surface area contributed by atoms with Gasteiger partial charge in [-0.1, -0.05) is 63.7 Å². The first kappa shape index (κ1) is 18.3. The molecule has 0 radical (unpaired) electrons. The molecule has 0 aliphatic rings. The normalized spacial score (nSPS) is 11.5. The summed E-state index contributed by atoms with van der Waals surface area (Å²) in [4.78, 5) is 11.7. The molecule has 0 bridgehead atoms. The van der Waals surface area contributed by atoms with Gasteiger partial charge < -0.3 is 11.2 Å². The number of rotatable bonds is 6. The van der Waals surface area contributed by atoms with Crippen molar-refractivity contribution in [1.29, 1.82) is 0 Å². The van der Waals surface area contributed by atoms with Gasteiger partial charge in [0.15, 0.2) is 5.82 Å². The van der Waals surface area contributed by atoms with Gasteiger partial charge in [-0.3, -0.25) is 4.79 Å². The zero-order valence-electron chi connectivity index (χ0n) is 14.7. The van der Waals surface area contributed by atoms with Crippen LogP contribution >= 0.6 is 11.8 Å². The Bertz CT molecular complexity index is 688. The molecule has 0 saturated carbocycles. The largest absolute Gasteiger partial charge is 0.355 e. The predicted octanol–water partition coefficient (Wildman–Crippen LogP) is 2.57. The van der Waals surface area contributed by atoms with Crippen LogP contribution < -0.4 is 11.2 Å². The summed E-state index contributed by atoms with van der Waals surface area (Å²) in [5, 5.41) is 11.6. The number of thioether (sulfide) groups is 1. The van der Waals surface area contributed by atoms with E-state index in [0.717, 1.165) is 12.0 Å². The van der Waals surface area contributed by atoms with Gasteiger partial charge in [-0.2, -0.15) is 0 Å². The van der Waals surface area contributed by atoms with Gasteiger partial charge in [-0.15, -0.1) is 10.2 Å². The maximum Gasteiger partial charge on any atom is 0.230 e. The molecule has 2 rings (SSSR count). The molecule has 3 N–H and O–H groups in total. The second-order valence-electron chi connectivity index (χ2n) is 6.64. The Morgan fingerprint density at radius 1 is 1.25 bits per heavy atom. The summed E-state index contributed by atoms with van der Waals surface area (Å²) in [6, 6.07) is 8.15. The van der Waals surface area contributed by atoms with Crippen LogP contribution in [0.15, 0.2) is 29.4 Å². The molecule has 0 saturated heterocycles. The van der Waals surface area contributed by atoms with Crippen molar-refractivity contribution in [3.8, 4) is 11.4 Å². The minimum Gasteiger partial charge on any atom is -0.355 e. The van der Waals surface area contributed by atoms with Crippen LogP contribution in [-0.2, 0) is 10.2 Å². The number of nitrogens with one attached hydrogen (secondary N) is 1. The Hall–Kier alpha value is -2.02. The standard InChI is InChI=1S/C17H25N5OS/c1-5-10-19-14(23)11-24-16-21-20-15(22(16)18)12-6-8-13(9-7-12)17(2,3)4/h6-9H,5,10-11,18H2,1-4H3,(H,19,23). The fraction of sp³-hybridized carbons (Fsp3) is 0.471. The van der Waals surface area contributed by atoms with E-state index in [1.54, 1.807) is 0 Å². The lowest BCUT2D eigenvalue weighted by atomic mass is 9.87. The van der Waals surface area contributed by atoms with E-state index >= 15 is 0 Å². The quantitative estimate of drug-likeness (QED) is 0.619. The molecule has 24 heavy (non-hydrogen) atoms. The maximum absolute atomic E-state index is 11.7. The van der Waals surface area contributed by atoms with Crippen LogP contribution in [0.1, 0.15) is 39.7 Å². The van der Waals surface area contributed by atoms with Gasteiger partial charge in [0.05, 0.1) is 5.75 Å². The molecule has 0 aliphatic heterocycles. The summed E-state index contributed by atoms with van der Waals surface area (Å²) in [7, 11) is 0. The average Bonchev–Trinajstić information content (AvgIpc) is 2.91. The first-order valence-electron chi connectivity index (χ1n) is 8.04. The van der Waals surface area contributed by atoms with Crippen LogP contribution in [0.3, 0.4) is 0 Å². The number of nitrogens with two attached hydrogens (primary N) is 1. The average molecular weight is 347 g/mol. The third kappa shape index (κ3) is 4.50. The van der Waals surface area contributed by atoms with Gasteiger partial charge in [0.1, 0.15) is 0 Å². The number of amides is 1. The van der Waals surface area contributed by atoms with Crippen molar-refractivity contribution in [2.45, 2.75) is 44.7 Å². The molecule has 1 aromatic carbocycles. The van der Waals surface area contributed by atoms with Gasteiger partial charge in [0, 0.05) is 12.1 Å². The zero-order chi connectivity index (χ0) is 17.7. The fourth-order valence-corrected chi connectivity index (χ4v) is 2.82. The van der Waals surface area contributed by atoms with Crippen molar-refractivity contribution >= 4 is 17.7 Å². The zero-order valence-corrected chi connectivity index (χ0v) is 15.5. The van der Waals surface area contributed by atoms with Gasteiger partial charge in [-0.05, 0) is 17.4 Å². The van der Waals surface area contributed by atoms with Crippen LogP contribution in [-0.4, -0.2) is 33.1 Å². The van der Waals surface area contributed by atoms with Gasteiger partial charge in [0.2, 0.25) is 11.1 Å². The summed E-state index contributed by atoms with van der Waals surface area (Å²) in [6.45, 7) is 9.21. The van der Waals surface area contributed by atoms with Gasteiger partial charge in [-0.25, -0.2) is 4.68 Å². The third-order valence-corrected chi connectivity index (χ3v) is 4.52. The van der Waals surface area contributed by atoms with Crippen LogP contribution in [0.2, 0.25) is 0 Å². The molecule has 7 heteroatoms. The molecule has 130 valence electrons. The van der Waals surface area contributed by atoms with E-state index in [4.69, 9.17) is 5.84 Å². The van der Waals surface area contributed by atoms with Crippen molar-refractivity contribution < 1.29 is 4.79 Å². The Morgan fingerprint density at radius 3 is 2.50 bits per heavy atom. The maximum atomic E-state index is 11.7. The summed E-state index contributed by atoms with van der Waals surface area (Å²) in [5.74, 6) is 6.92. The van der Waals surface area contributed by atoms with Crippen molar-refractivity contribution in [3.63, 3.8) is 0 Å². The first-order valence-corrected chi connectivity index (χ1v) is 9.02. The summed E-state index contributed by atoms with van der Waals surface area (Å²) in [5.41, 5.74) is 2.25. The van der Waals surface area contributed by atoms with Gasteiger partial charge in [0.25, 0.3) is 0 Å². The SMILES string of the molecule is CCCNC(=O)CSc1nnc(-c2ccc(C(C)(C)C)cc2)n1N. The Morgan fingerprint density at radius 2 is 1.92 bits per heavy atom. The third-order valence-electron chi connectivity index (χ3n) is 3.58. The fourth-order valence-electron chi connectivity index (χ4n) is 2.14. The molecular weight excluding hydrogens is 322 g/mol. The minimum atomic E-state index is -0.0269. The molecule has 2 aromatic rings. The molecular formula is C17H25N5OS. The molecule has 0 atom stereocenters. The number of benzene rings is 1. The lowest BCUT2D eigenvalue weighted by Crippen LogP contribution is -2.26. The van der Waals surface area contributed by atoms with Gasteiger partial charge >= 0.3 is 0 Å². The second kappa shape index (κ2) is 7.70. The summed E-state index contributed by atoms with van der Waals surface area (Å²) >= 11 is 1.28. The molecule has 6 nitrogen and oxygen atoms in total. The predicted molar refractivity (Wildman–Crippen MR) is 98.3 cm³/mol.